The number of amides is 1. The normalized spacial score (nSPS) is 29.7. The third kappa shape index (κ3) is 3.42. The molecular formula is C10H20N4O4S. The minimum Gasteiger partial charge on any atom is -0.380 e. The van der Waals surface area contributed by atoms with E-state index in [1.54, 1.807) is 12.0 Å². The van der Waals surface area contributed by atoms with E-state index in [2.05, 4.69) is 5.32 Å². The lowest BCUT2D eigenvalue weighted by molar-refractivity contribution is -0.134. The van der Waals surface area contributed by atoms with Crippen molar-refractivity contribution in [2.24, 2.45) is 5.14 Å². The first kappa shape index (κ1) is 14.7. The standard InChI is InChI=1S/C10H20N4O4S/c1-18-8-6-9(12-7-8)10(15)13-2-4-14(5-3-13)19(11,16)17/h8-9,12H,2-7H2,1H3,(H2,11,16,17). The Morgan fingerprint density at radius 1 is 1.32 bits per heavy atom. The Morgan fingerprint density at radius 2 is 1.95 bits per heavy atom. The third-order valence-corrected chi connectivity index (χ3v) is 4.72. The summed E-state index contributed by atoms with van der Waals surface area (Å²) in [6.07, 6.45) is 0.727. The lowest BCUT2D eigenvalue weighted by Gasteiger charge is -2.34. The number of nitrogens with one attached hydrogen (secondary N) is 1. The van der Waals surface area contributed by atoms with E-state index in [0.717, 1.165) is 0 Å². The van der Waals surface area contributed by atoms with Gasteiger partial charge in [0.2, 0.25) is 5.91 Å². The number of carbonyl (C=O) groups is 1. The fraction of sp³-hybridized carbons (Fsp3) is 0.900. The Kier molecular flexibility index (Phi) is 4.41. The summed E-state index contributed by atoms with van der Waals surface area (Å²) in [5.41, 5.74) is 0. The van der Waals surface area contributed by atoms with Gasteiger partial charge >= 0.3 is 0 Å². The van der Waals surface area contributed by atoms with Gasteiger partial charge in [-0.2, -0.15) is 12.7 Å². The van der Waals surface area contributed by atoms with Gasteiger partial charge in [-0.1, -0.05) is 0 Å². The molecule has 2 fully saturated rings. The van der Waals surface area contributed by atoms with Gasteiger partial charge in [-0.3, -0.25) is 4.79 Å². The van der Waals surface area contributed by atoms with Crippen molar-refractivity contribution in [1.82, 2.24) is 14.5 Å². The number of hydrogen-bond acceptors (Lipinski definition) is 5. The van der Waals surface area contributed by atoms with Crippen LogP contribution in [-0.2, 0) is 19.7 Å². The number of methoxy groups -OCH3 is 1. The third-order valence-electron chi connectivity index (χ3n) is 3.63. The zero-order valence-electron chi connectivity index (χ0n) is 10.9. The molecule has 9 heteroatoms. The molecule has 0 spiro atoms. The Balaban J connectivity index is 1.86. The number of carbonyl (C=O) groups excluding carboxylic acids is 1. The Morgan fingerprint density at radius 3 is 2.42 bits per heavy atom. The molecule has 0 bridgehead atoms. The van der Waals surface area contributed by atoms with Gasteiger partial charge in [-0.05, 0) is 6.42 Å². The Hall–Kier alpha value is -0.740. The van der Waals surface area contributed by atoms with E-state index >= 15 is 0 Å². The molecule has 2 unspecified atom stereocenters. The smallest absolute Gasteiger partial charge is 0.277 e. The number of piperazine rings is 1. The summed E-state index contributed by atoms with van der Waals surface area (Å²) >= 11 is 0. The molecule has 2 aliphatic heterocycles. The summed E-state index contributed by atoms with van der Waals surface area (Å²) < 4.78 is 28.7. The largest absolute Gasteiger partial charge is 0.380 e. The molecule has 0 saturated carbocycles. The molecule has 2 heterocycles. The van der Waals surface area contributed by atoms with Crippen LogP contribution >= 0.6 is 0 Å². The highest BCUT2D eigenvalue weighted by Crippen LogP contribution is 2.14. The minimum absolute atomic E-state index is 0.00798. The average Bonchev–Trinajstić information content (AvgIpc) is 2.86. The number of hydrogen-bond donors (Lipinski definition) is 2. The van der Waals surface area contributed by atoms with E-state index in [0.29, 0.717) is 26.1 Å². The lowest BCUT2D eigenvalue weighted by atomic mass is 10.1. The SMILES string of the molecule is COC1CNC(C(=O)N2CCN(S(N)(=O)=O)CC2)C1. The second-order valence-electron chi connectivity index (χ2n) is 4.82. The van der Waals surface area contributed by atoms with Crippen LogP contribution in [0.15, 0.2) is 0 Å². The molecule has 0 aromatic carbocycles. The van der Waals surface area contributed by atoms with E-state index in [1.165, 1.54) is 4.31 Å². The van der Waals surface area contributed by atoms with E-state index in [1.807, 2.05) is 0 Å². The van der Waals surface area contributed by atoms with Gasteiger partial charge in [0.05, 0.1) is 12.1 Å². The van der Waals surface area contributed by atoms with Crippen LogP contribution < -0.4 is 10.5 Å². The predicted octanol–water partition coefficient (Wildman–Crippen LogP) is -2.29. The Bertz CT molecular complexity index is 433. The van der Waals surface area contributed by atoms with Crippen LogP contribution in [-0.4, -0.2) is 75.5 Å². The fourth-order valence-corrected chi connectivity index (χ4v) is 3.13. The van der Waals surface area contributed by atoms with Gasteiger partial charge < -0.3 is 15.0 Å². The molecule has 2 aliphatic rings. The number of nitrogens with zero attached hydrogens (tertiary/aromatic N) is 2. The highest BCUT2D eigenvalue weighted by atomic mass is 32.2. The summed E-state index contributed by atoms with van der Waals surface area (Å²) in [6.45, 7) is 1.94. The maximum atomic E-state index is 12.2. The summed E-state index contributed by atoms with van der Waals surface area (Å²) in [7, 11) is -2.02. The summed E-state index contributed by atoms with van der Waals surface area (Å²) in [5.74, 6) is 0.00798. The van der Waals surface area contributed by atoms with Crippen molar-refractivity contribution in [3.63, 3.8) is 0 Å². The van der Waals surface area contributed by atoms with Crippen molar-refractivity contribution in [2.75, 3.05) is 39.8 Å². The highest BCUT2D eigenvalue weighted by molar-refractivity contribution is 7.86. The molecule has 0 radical (unpaired) electrons. The molecule has 2 rings (SSSR count). The van der Waals surface area contributed by atoms with Gasteiger partial charge in [0.25, 0.3) is 10.2 Å². The molecule has 0 aliphatic carbocycles. The quantitative estimate of drug-likeness (QED) is 0.609. The average molecular weight is 292 g/mol. The summed E-state index contributed by atoms with van der Waals surface area (Å²) in [6, 6.07) is -0.231. The highest BCUT2D eigenvalue weighted by Gasteiger charge is 2.34. The second kappa shape index (κ2) is 5.71. The van der Waals surface area contributed by atoms with Crippen LogP contribution in [0, 0.1) is 0 Å². The minimum atomic E-state index is -3.65. The molecular weight excluding hydrogens is 272 g/mol. The van der Waals surface area contributed by atoms with E-state index in [-0.39, 0.29) is 31.1 Å². The van der Waals surface area contributed by atoms with E-state index in [9.17, 15) is 13.2 Å². The first-order chi connectivity index (χ1) is 8.91. The molecule has 2 saturated heterocycles. The van der Waals surface area contributed by atoms with Crippen LogP contribution in [0.25, 0.3) is 0 Å². The first-order valence-electron chi connectivity index (χ1n) is 6.24. The molecule has 0 aromatic heterocycles. The predicted molar refractivity (Wildman–Crippen MR) is 68.5 cm³/mol. The maximum absolute atomic E-state index is 12.2. The number of ether oxygens (including phenoxy) is 1. The molecule has 1 amide bonds. The molecule has 19 heavy (non-hydrogen) atoms. The van der Waals surface area contributed by atoms with E-state index < -0.39 is 10.2 Å². The van der Waals surface area contributed by atoms with Gasteiger partial charge in [-0.15, -0.1) is 0 Å². The number of nitrogens with two attached hydrogens (primary N) is 1. The van der Waals surface area contributed by atoms with Crippen LogP contribution in [0.3, 0.4) is 0 Å². The van der Waals surface area contributed by atoms with Crippen molar-refractivity contribution < 1.29 is 17.9 Å². The zero-order chi connectivity index (χ0) is 14.0. The van der Waals surface area contributed by atoms with Crippen molar-refractivity contribution >= 4 is 16.1 Å². The summed E-state index contributed by atoms with van der Waals surface area (Å²) in [4.78, 5) is 13.9. The molecule has 8 nitrogen and oxygen atoms in total. The van der Waals surface area contributed by atoms with Crippen molar-refractivity contribution in [3.8, 4) is 0 Å². The van der Waals surface area contributed by atoms with Crippen molar-refractivity contribution in [1.29, 1.82) is 0 Å². The lowest BCUT2D eigenvalue weighted by Crippen LogP contribution is -2.55. The molecule has 0 aromatic rings. The number of rotatable bonds is 3. The topological polar surface area (TPSA) is 105 Å². The Labute approximate surface area is 113 Å². The van der Waals surface area contributed by atoms with Crippen LogP contribution in [0.2, 0.25) is 0 Å². The summed E-state index contributed by atoms with van der Waals surface area (Å²) in [5, 5.41) is 8.18. The zero-order valence-corrected chi connectivity index (χ0v) is 11.7. The van der Waals surface area contributed by atoms with Crippen LogP contribution in [0.5, 0.6) is 0 Å². The van der Waals surface area contributed by atoms with Crippen molar-refractivity contribution in [2.45, 2.75) is 18.6 Å². The molecule has 2 atom stereocenters. The van der Waals surface area contributed by atoms with Crippen molar-refractivity contribution in [3.05, 3.63) is 0 Å². The second-order valence-corrected chi connectivity index (χ2v) is 6.37. The van der Waals surface area contributed by atoms with Gasteiger partial charge in [-0.25, -0.2) is 5.14 Å². The fourth-order valence-electron chi connectivity index (χ4n) is 2.45. The van der Waals surface area contributed by atoms with Crippen LogP contribution in [0.4, 0.5) is 0 Å². The molecule has 110 valence electrons. The first-order valence-corrected chi connectivity index (χ1v) is 7.75. The molecule has 3 N–H and O–H groups in total. The van der Waals surface area contributed by atoms with Gasteiger partial charge in [0, 0.05) is 39.8 Å². The maximum Gasteiger partial charge on any atom is 0.277 e. The van der Waals surface area contributed by atoms with E-state index in [4.69, 9.17) is 9.88 Å². The van der Waals surface area contributed by atoms with Gasteiger partial charge in [0.1, 0.15) is 0 Å². The van der Waals surface area contributed by atoms with Gasteiger partial charge in [0.15, 0.2) is 0 Å². The van der Waals surface area contributed by atoms with Crippen LogP contribution in [0.1, 0.15) is 6.42 Å². The monoisotopic (exact) mass is 292 g/mol.